The molecule has 1 fully saturated rings. The predicted molar refractivity (Wildman–Crippen MR) is 60.3 cm³/mol. The quantitative estimate of drug-likeness (QED) is 0.520. The summed E-state index contributed by atoms with van der Waals surface area (Å²) in [4.78, 5) is 40.1. The van der Waals surface area contributed by atoms with Gasteiger partial charge in [-0.2, -0.15) is 0 Å². The summed E-state index contributed by atoms with van der Waals surface area (Å²) in [7, 11) is -7.15. The molecule has 0 aliphatic carbocycles. The van der Waals surface area contributed by atoms with Gasteiger partial charge in [-0.1, -0.05) is 0 Å². The van der Waals surface area contributed by atoms with Gasteiger partial charge in [0.15, 0.2) is 0 Å². The molecular formula is C7H16N2O6P2. The van der Waals surface area contributed by atoms with Gasteiger partial charge in [-0.05, 0) is 19.9 Å². The normalized spacial score (nSPS) is 35.8. The Kier molecular flexibility index (Phi) is 3.89. The summed E-state index contributed by atoms with van der Waals surface area (Å²) in [6.07, 6.45) is -0.109. The Bertz CT molecular complexity index is 421. The van der Waals surface area contributed by atoms with Crippen LogP contribution in [0.5, 0.6) is 0 Å². The van der Waals surface area contributed by atoms with Gasteiger partial charge in [0.05, 0.1) is 0 Å². The highest BCUT2D eigenvalue weighted by atomic mass is 31.2. The lowest BCUT2D eigenvalue weighted by atomic mass is 10.2. The molecule has 1 heterocycles. The van der Waals surface area contributed by atoms with Crippen molar-refractivity contribution in [2.24, 2.45) is 0 Å². The van der Waals surface area contributed by atoms with E-state index in [2.05, 4.69) is 5.32 Å². The first-order chi connectivity index (χ1) is 7.60. The molecule has 0 spiro atoms. The van der Waals surface area contributed by atoms with Crippen LogP contribution < -0.4 is 5.32 Å². The second kappa shape index (κ2) is 4.46. The van der Waals surface area contributed by atoms with Crippen molar-refractivity contribution in [3.63, 3.8) is 0 Å². The monoisotopic (exact) mass is 286 g/mol. The highest BCUT2D eigenvalue weighted by Crippen LogP contribution is 2.73. The fourth-order valence-electron chi connectivity index (χ4n) is 1.92. The zero-order chi connectivity index (χ0) is 13.5. The molecule has 10 heteroatoms. The molecular weight excluding hydrogens is 270 g/mol. The molecule has 17 heavy (non-hydrogen) atoms. The van der Waals surface area contributed by atoms with E-state index >= 15 is 0 Å². The molecule has 8 nitrogen and oxygen atoms in total. The molecule has 2 atom stereocenters. The zero-order valence-electron chi connectivity index (χ0n) is 9.53. The molecule has 2 unspecified atom stereocenters. The third kappa shape index (κ3) is 2.10. The van der Waals surface area contributed by atoms with Crippen LogP contribution in [0.3, 0.4) is 0 Å². The number of hydrogen-bond acceptors (Lipinski definition) is 4. The zero-order valence-corrected chi connectivity index (χ0v) is 11.3. The smallest absolute Gasteiger partial charge is 0.327 e. The van der Waals surface area contributed by atoms with Crippen molar-refractivity contribution in [1.82, 2.24) is 9.99 Å². The summed E-state index contributed by atoms with van der Waals surface area (Å²) in [5.41, 5.74) is 0. The molecule has 1 aliphatic rings. The maximum atomic E-state index is 12.2. The Balaban J connectivity index is 3.44. The largest absolute Gasteiger partial charge is 0.357 e. The topological polar surface area (TPSA) is 127 Å². The first kappa shape index (κ1) is 14.8. The maximum absolute atomic E-state index is 12.2. The summed E-state index contributed by atoms with van der Waals surface area (Å²) >= 11 is 0. The molecule has 0 bridgehead atoms. The number of nitrogens with one attached hydrogen (secondary N) is 1. The van der Waals surface area contributed by atoms with Gasteiger partial charge in [0.2, 0.25) is 10.9 Å². The van der Waals surface area contributed by atoms with Crippen LogP contribution >= 0.6 is 15.1 Å². The maximum Gasteiger partial charge on any atom is 0.357 e. The second-order valence-corrected chi connectivity index (χ2v) is 8.58. The number of amides is 1. The molecule has 0 aromatic rings. The predicted octanol–water partition coefficient (Wildman–Crippen LogP) is -0.135. The summed E-state index contributed by atoms with van der Waals surface area (Å²) < 4.78 is 24.3. The Morgan fingerprint density at radius 2 is 2.06 bits per heavy atom. The molecule has 0 aromatic heterocycles. The third-order valence-corrected chi connectivity index (χ3v) is 8.47. The first-order valence-corrected chi connectivity index (χ1v) is 8.17. The molecule has 100 valence electrons. The van der Waals surface area contributed by atoms with Gasteiger partial charge < -0.3 is 14.7 Å². The number of carbonyl (C=O) groups excluding carboxylic acids is 1. The SMILES string of the molecule is CNC1(P(=O)(O)O)CCCC(=O)N(C)P1(=O)O. The van der Waals surface area contributed by atoms with Crippen LogP contribution in [-0.4, -0.2) is 44.4 Å². The fraction of sp³-hybridized carbons (Fsp3) is 0.857. The summed E-state index contributed by atoms with van der Waals surface area (Å²) in [6.45, 7) is 0. The minimum Gasteiger partial charge on any atom is -0.327 e. The van der Waals surface area contributed by atoms with Crippen LogP contribution in [0.25, 0.3) is 0 Å². The summed E-state index contributed by atoms with van der Waals surface area (Å²) in [5, 5.41) is -0.00839. The summed E-state index contributed by atoms with van der Waals surface area (Å²) in [5.74, 6) is -0.596. The average molecular weight is 286 g/mol. The fourth-order valence-corrected chi connectivity index (χ4v) is 6.06. The van der Waals surface area contributed by atoms with E-state index in [-0.39, 0.29) is 19.3 Å². The van der Waals surface area contributed by atoms with Crippen molar-refractivity contribution in [2.75, 3.05) is 14.1 Å². The van der Waals surface area contributed by atoms with E-state index in [1.54, 1.807) is 0 Å². The van der Waals surface area contributed by atoms with Crippen LogP contribution in [0.2, 0.25) is 0 Å². The highest BCUT2D eigenvalue weighted by molar-refractivity contribution is 7.74. The van der Waals surface area contributed by atoms with E-state index in [4.69, 9.17) is 0 Å². The first-order valence-electron chi connectivity index (χ1n) is 4.94. The van der Waals surface area contributed by atoms with Gasteiger partial charge in [-0.15, -0.1) is 0 Å². The van der Waals surface area contributed by atoms with E-state index in [0.29, 0.717) is 4.67 Å². The van der Waals surface area contributed by atoms with E-state index in [1.807, 2.05) is 0 Å². The van der Waals surface area contributed by atoms with Gasteiger partial charge in [-0.3, -0.25) is 23.9 Å². The van der Waals surface area contributed by atoms with Crippen LogP contribution in [0, 0.1) is 0 Å². The number of carbonyl (C=O) groups is 1. The Morgan fingerprint density at radius 3 is 2.47 bits per heavy atom. The van der Waals surface area contributed by atoms with Crippen molar-refractivity contribution in [3.05, 3.63) is 0 Å². The molecule has 0 saturated carbocycles. The van der Waals surface area contributed by atoms with Crippen LogP contribution in [0.4, 0.5) is 0 Å². The molecule has 1 aliphatic heterocycles. The summed E-state index contributed by atoms with van der Waals surface area (Å²) in [6, 6.07) is 0. The molecule has 0 aromatic carbocycles. The molecule has 4 N–H and O–H groups in total. The lowest BCUT2D eigenvalue weighted by Crippen LogP contribution is -2.45. The van der Waals surface area contributed by atoms with Crippen molar-refractivity contribution in [2.45, 2.75) is 24.3 Å². The van der Waals surface area contributed by atoms with Gasteiger partial charge in [0, 0.05) is 13.5 Å². The van der Waals surface area contributed by atoms with Gasteiger partial charge in [0.25, 0.3) is 0 Å². The Labute approximate surface area is 98.7 Å². The molecule has 1 saturated heterocycles. The number of hydrogen-bond donors (Lipinski definition) is 4. The number of rotatable bonds is 2. The standard InChI is InChI=1S/C7H16N2O6P2/c1-8-7(17(13,14)15)5-3-4-6(10)9(2)16(7,11)12/h8H,3-5H2,1-2H3,(H,11,12)(H2,13,14,15). The Morgan fingerprint density at radius 1 is 1.53 bits per heavy atom. The van der Waals surface area contributed by atoms with Crippen molar-refractivity contribution < 1.29 is 28.6 Å². The number of nitrogens with zero attached hydrogens (tertiary/aromatic N) is 1. The van der Waals surface area contributed by atoms with Crippen LogP contribution in [-0.2, 0) is 13.9 Å². The van der Waals surface area contributed by atoms with Crippen molar-refractivity contribution >= 4 is 21.0 Å². The van der Waals surface area contributed by atoms with E-state index < -0.39 is 26.0 Å². The van der Waals surface area contributed by atoms with Gasteiger partial charge >= 0.3 is 15.1 Å². The van der Waals surface area contributed by atoms with Crippen molar-refractivity contribution in [1.29, 1.82) is 0 Å². The highest BCUT2D eigenvalue weighted by Gasteiger charge is 2.62. The average Bonchev–Trinajstić information content (AvgIpc) is 2.27. The Hall–Kier alpha value is -0.230. The lowest BCUT2D eigenvalue weighted by Gasteiger charge is -2.38. The van der Waals surface area contributed by atoms with Crippen LogP contribution in [0.15, 0.2) is 0 Å². The van der Waals surface area contributed by atoms with E-state index in [1.165, 1.54) is 7.05 Å². The minimum absolute atomic E-state index is 0.00944. The molecule has 0 radical (unpaired) electrons. The van der Waals surface area contributed by atoms with E-state index in [0.717, 1.165) is 7.05 Å². The van der Waals surface area contributed by atoms with Crippen LogP contribution in [0.1, 0.15) is 19.3 Å². The lowest BCUT2D eigenvalue weighted by molar-refractivity contribution is -0.125. The van der Waals surface area contributed by atoms with Crippen molar-refractivity contribution in [3.8, 4) is 0 Å². The van der Waals surface area contributed by atoms with Gasteiger partial charge in [0.1, 0.15) is 0 Å². The minimum atomic E-state index is -4.90. The molecule has 1 amide bonds. The van der Waals surface area contributed by atoms with Gasteiger partial charge in [-0.25, -0.2) is 0 Å². The van der Waals surface area contributed by atoms with E-state index in [9.17, 15) is 28.6 Å². The second-order valence-electron chi connectivity index (χ2n) is 3.93. The third-order valence-electron chi connectivity index (χ3n) is 3.05. The molecule has 1 rings (SSSR count).